The number of carbonyl (C=O) groups is 3. The SMILES string of the molecule is CC(=O)NC1C(Oc2cccc(C(C)=O)c2)OC2COC(c3ccccc3)OC2C1OCC(=O)O. The Balaban J connectivity index is 1.63. The molecule has 0 spiro atoms. The third-order valence-corrected chi connectivity index (χ3v) is 5.67. The molecule has 186 valence electrons. The number of nitrogens with one attached hydrogen (secondary N) is 1. The Morgan fingerprint density at radius 1 is 1.06 bits per heavy atom. The van der Waals surface area contributed by atoms with Gasteiger partial charge in [0.15, 0.2) is 12.1 Å². The van der Waals surface area contributed by atoms with Crippen LogP contribution in [-0.2, 0) is 28.5 Å². The lowest BCUT2D eigenvalue weighted by molar-refractivity contribution is -0.337. The molecule has 0 aliphatic carbocycles. The number of amides is 1. The van der Waals surface area contributed by atoms with Crippen LogP contribution in [0.4, 0.5) is 0 Å². The molecular weight excluding hydrogens is 458 g/mol. The Hall–Kier alpha value is -3.31. The van der Waals surface area contributed by atoms with Crippen LogP contribution < -0.4 is 10.1 Å². The molecule has 1 amide bonds. The predicted molar refractivity (Wildman–Crippen MR) is 121 cm³/mol. The molecule has 2 heterocycles. The van der Waals surface area contributed by atoms with Crippen molar-refractivity contribution >= 4 is 17.7 Å². The summed E-state index contributed by atoms with van der Waals surface area (Å²) in [4.78, 5) is 35.2. The molecule has 35 heavy (non-hydrogen) atoms. The minimum absolute atomic E-state index is 0.122. The van der Waals surface area contributed by atoms with Crippen molar-refractivity contribution in [3.63, 3.8) is 0 Å². The molecule has 2 fully saturated rings. The van der Waals surface area contributed by atoms with Crippen LogP contribution in [0.2, 0.25) is 0 Å². The zero-order valence-corrected chi connectivity index (χ0v) is 19.3. The summed E-state index contributed by atoms with van der Waals surface area (Å²) in [5.41, 5.74) is 1.22. The van der Waals surface area contributed by atoms with E-state index < -0.39 is 55.4 Å². The molecule has 2 aromatic carbocycles. The number of benzene rings is 2. The topological polar surface area (TPSA) is 130 Å². The number of aliphatic carboxylic acids is 1. The lowest BCUT2D eigenvalue weighted by Crippen LogP contribution is -2.68. The molecule has 2 aromatic rings. The number of carboxylic acids is 1. The van der Waals surface area contributed by atoms with Gasteiger partial charge < -0.3 is 34.1 Å². The number of ketones is 1. The third-order valence-electron chi connectivity index (χ3n) is 5.67. The second-order valence-electron chi connectivity index (χ2n) is 8.32. The lowest BCUT2D eigenvalue weighted by atomic mass is 9.95. The quantitative estimate of drug-likeness (QED) is 0.540. The summed E-state index contributed by atoms with van der Waals surface area (Å²) in [5, 5.41) is 12.0. The Kier molecular flexibility index (Phi) is 7.76. The lowest BCUT2D eigenvalue weighted by Gasteiger charge is -2.49. The van der Waals surface area contributed by atoms with Gasteiger partial charge in [0.2, 0.25) is 12.2 Å². The highest BCUT2D eigenvalue weighted by Gasteiger charge is 2.52. The van der Waals surface area contributed by atoms with Crippen LogP contribution in [0.5, 0.6) is 5.75 Å². The summed E-state index contributed by atoms with van der Waals surface area (Å²) in [7, 11) is 0. The first kappa shape index (κ1) is 24.8. The van der Waals surface area contributed by atoms with Crippen molar-refractivity contribution in [1.82, 2.24) is 5.32 Å². The molecule has 4 rings (SSSR count). The van der Waals surface area contributed by atoms with E-state index in [9.17, 15) is 19.5 Å². The number of carboxylic acid groups (broad SMARTS) is 1. The number of hydrogen-bond donors (Lipinski definition) is 2. The fourth-order valence-electron chi connectivity index (χ4n) is 4.13. The van der Waals surface area contributed by atoms with Gasteiger partial charge in [-0.3, -0.25) is 9.59 Å². The maximum absolute atomic E-state index is 12.1. The highest BCUT2D eigenvalue weighted by atomic mass is 16.8. The Bertz CT molecular complexity index is 1060. The van der Waals surface area contributed by atoms with Gasteiger partial charge in [-0.05, 0) is 19.1 Å². The summed E-state index contributed by atoms with van der Waals surface area (Å²) in [6.45, 7) is 2.27. The fourth-order valence-corrected chi connectivity index (χ4v) is 4.13. The summed E-state index contributed by atoms with van der Waals surface area (Å²) in [6.07, 6.45) is -4.14. The normalized spacial score (nSPS) is 27.9. The first-order chi connectivity index (χ1) is 16.8. The van der Waals surface area contributed by atoms with Gasteiger partial charge in [0.05, 0.1) is 6.61 Å². The monoisotopic (exact) mass is 485 g/mol. The smallest absolute Gasteiger partial charge is 0.329 e. The zero-order chi connectivity index (χ0) is 24.9. The van der Waals surface area contributed by atoms with Gasteiger partial charge in [-0.1, -0.05) is 42.5 Å². The Labute approximate surface area is 202 Å². The molecule has 2 N–H and O–H groups in total. The van der Waals surface area contributed by atoms with Gasteiger partial charge in [0, 0.05) is 18.1 Å². The average molecular weight is 485 g/mol. The van der Waals surface area contributed by atoms with E-state index in [0.717, 1.165) is 5.56 Å². The van der Waals surface area contributed by atoms with E-state index in [1.807, 2.05) is 30.3 Å². The Morgan fingerprint density at radius 3 is 2.51 bits per heavy atom. The number of fused-ring (bicyclic) bond motifs is 1. The van der Waals surface area contributed by atoms with Gasteiger partial charge >= 0.3 is 5.97 Å². The highest BCUT2D eigenvalue weighted by Crippen LogP contribution is 2.36. The third kappa shape index (κ3) is 6.04. The van der Waals surface area contributed by atoms with Crippen LogP contribution in [0.15, 0.2) is 54.6 Å². The molecule has 0 bridgehead atoms. The minimum Gasteiger partial charge on any atom is -0.480 e. The number of carbonyl (C=O) groups excluding carboxylic acids is 2. The number of ether oxygens (including phenoxy) is 5. The maximum Gasteiger partial charge on any atom is 0.329 e. The molecule has 2 aliphatic heterocycles. The number of Topliss-reactive ketones (excluding diaryl/α,β-unsaturated/α-hetero) is 1. The van der Waals surface area contributed by atoms with Gasteiger partial charge in [0.25, 0.3) is 0 Å². The Morgan fingerprint density at radius 2 is 1.83 bits per heavy atom. The van der Waals surface area contributed by atoms with E-state index in [4.69, 9.17) is 23.7 Å². The number of rotatable bonds is 8. The van der Waals surface area contributed by atoms with Crippen LogP contribution in [0.1, 0.15) is 36.1 Å². The van der Waals surface area contributed by atoms with E-state index in [0.29, 0.717) is 11.3 Å². The van der Waals surface area contributed by atoms with Crippen LogP contribution in [0.3, 0.4) is 0 Å². The van der Waals surface area contributed by atoms with E-state index in [2.05, 4.69) is 5.32 Å². The van der Waals surface area contributed by atoms with Crippen molar-refractivity contribution < 1.29 is 43.2 Å². The van der Waals surface area contributed by atoms with Crippen LogP contribution in [0.25, 0.3) is 0 Å². The van der Waals surface area contributed by atoms with E-state index in [1.54, 1.807) is 24.3 Å². The van der Waals surface area contributed by atoms with E-state index in [-0.39, 0.29) is 12.4 Å². The highest BCUT2D eigenvalue weighted by molar-refractivity contribution is 5.94. The van der Waals surface area contributed by atoms with Crippen molar-refractivity contribution in [3.05, 3.63) is 65.7 Å². The van der Waals surface area contributed by atoms with Crippen LogP contribution in [-0.4, -0.2) is 66.6 Å². The summed E-state index contributed by atoms with van der Waals surface area (Å²) >= 11 is 0. The number of hydrogen-bond acceptors (Lipinski definition) is 8. The van der Waals surface area contributed by atoms with Gasteiger partial charge in [-0.15, -0.1) is 0 Å². The molecule has 10 heteroatoms. The molecule has 0 aromatic heterocycles. The first-order valence-electron chi connectivity index (χ1n) is 11.2. The molecule has 6 atom stereocenters. The van der Waals surface area contributed by atoms with Crippen molar-refractivity contribution in [3.8, 4) is 5.75 Å². The van der Waals surface area contributed by atoms with Crippen molar-refractivity contribution in [2.45, 2.75) is 50.8 Å². The summed E-state index contributed by atoms with van der Waals surface area (Å²) in [6, 6.07) is 14.9. The van der Waals surface area contributed by atoms with Crippen molar-refractivity contribution in [2.75, 3.05) is 13.2 Å². The molecule has 2 saturated heterocycles. The largest absolute Gasteiger partial charge is 0.480 e. The molecule has 2 aliphatic rings. The molecule has 0 radical (unpaired) electrons. The van der Waals surface area contributed by atoms with Crippen molar-refractivity contribution in [2.24, 2.45) is 0 Å². The fraction of sp³-hybridized carbons (Fsp3) is 0.400. The van der Waals surface area contributed by atoms with Gasteiger partial charge in [-0.2, -0.15) is 0 Å². The van der Waals surface area contributed by atoms with Gasteiger partial charge in [0.1, 0.15) is 36.7 Å². The van der Waals surface area contributed by atoms with Crippen molar-refractivity contribution in [1.29, 1.82) is 0 Å². The second kappa shape index (κ2) is 11.0. The minimum atomic E-state index is -1.17. The zero-order valence-electron chi connectivity index (χ0n) is 19.3. The summed E-state index contributed by atoms with van der Waals surface area (Å²) in [5.74, 6) is -1.36. The first-order valence-corrected chi connectivity index (χ1v) is 11.2. The standard InChI is InChI=1S/C25H27NO9/c1-14(27)17-9-6-10-18(11-17)33-25-21(26-15(2)28)23(31-13-20(29)30)22-19(34-25)12-32-24(35-22)16-7-4-3-5-8-16/h3-11,19,21-25H,12-13H2,1-2H3,(H,26,28)(H,29,30). The molecule has 0 saturated carbocycles. The van der Waals surface area contributed by atoms with E-state index in [1.165, 1.54) is 13.8 Å². The maximum atomic E-state index is 12.1. The van der Waals surface area contributed by atoms with Crippen LogP contribution >= 0.6 is 0 Å². The molecular formula is C25H27NO9. The van der Waals surface area contributed by atoms with Crippen LogP contribution in [0, 0.1) is 0 Å². The molecule has 6 unspecified atom stereocenters. The van der Waals surface area contributed by atoms with E-state index >= 15 is 0 Å². The predicted octanol–water partition coefficient (Wildman–Crippen LogP) is 2.08. The molecule has 10 nitrogen and oxygen atoms in total. The average Bonchev–Trinajstić information content (AvgIpc) is 2.84. The second-order valence-corrected chi connectivity index (χ2v) is 8.32. The summed E-state index contributed by atoms with van der Waals surface area (Å²) < 4.78 is 29.9. The van der Waals surface area contributed by atoms with Gasteiger partial charge in [-0.25, -0.2) is 4.79 Å².